The number of aryl methyl sites for hydroxylation is 1. The first-order chi connectivity index (χ1) is 14.0. The van der Waals surface area contributed by atoms with Crippen molar-refractivity contribution >= 4 is 15.9 Å². The number of hydrogen-bond donors (Lipinski definition) is 1. The Kier molecular flexibility index (Phi) is 6.06. The number of likely N-dealkylation sites (tertiary alicyclic amines) is 1. The first kappa shape index (κ1) is 20.2. The SMILES string of the molecule is O=C(c1cc(S(=O)(=O)N2CCCC2)c[nH]1)N1CCC(CCc2ccccc2)CC1. The van der Waals surface area contributed by atoms with Crippen LogP contribution in [0.15, 0.2) is 47.5 Å². The maximum atomic E-state index is 12.8. The van der Waals surface area contributed by atoms with Crippen LogP contribution < -0.4 is 0 Å². The van der Waals surface area contributed by atoms with E-state index in [1.807, 2.05) is 11.0 Å². The standard InChI is InChI=1S/C22H29N3O3S/c26-22(21-16-20(17-23-21)29(27,28)25-12-4-5-13-25)24-14-10-19(11-15-24)9-8-18-6-2-1-3-7-18/h1-3,6-7,16-17,19,23H,4-5,8-15H2. The second kappa shape index (κ2) is 8.71. The van der Waals surface area contributed by atoms with Crippen molar-refractivity contribution in [3.8, 4) is 0 Å². The van der Waals surface area contributed by atoms with Crippen molar-refractivity contribution in [2.45, 2.75) is 43.4 Å². The molecule has 156 valence electrons. The van der Waals surface area contributed by atoms with Gasteiger partial charge in [-0.1, -0.05) is 30.3 Å². The molecule has 0 spiro atoms. The van der Waals surface area contributed by atoms with E-state index in [1.165, 1.54) is 22.1 Å². The first-order valence-corrected chi connectivity index (χ1v) is 12.0. The molecule has 1 amide bonds. The van der Waals surface area contributed by atoms with Crippen LogP contribution in [-0.2, 0) is 16.4 Å². The summed E-state index contributed by atoms with van der Waals surface area (Å²) >= 11 is 0. The van der Waals surface area contributed by atoms with Gasteiger partial charge in [0, 0.05) is 32.4 Å². The van der Waals surface area contributed by atoms with Crippen LogP contribution in [0.5, 0.6) is 0 Å². The quantitative estimate of drug-likeness (QED) is 0.787. The number of sulfonamides is 1. The van der Waals surface area contributed by atoms with Crippen molar-refractivity contribution in [3.63, 3.8) is 0 Å². The van der Waals surface area contributed by atoms with E-state index in [4.69, 9.17) is 0 Å². The minimum atomic E-state index is -3.49. The van der Waals surface area contributed by atoms with Crippen molar-refractivity contribution in [1.82, 2.24) is 14.2 Å². The number of nitrogens with zero attached hydrogens (tertiary/aromatic N) is 2. The number of piperidine rings is 1. The van der Waals surface area contributed by atoms with E-state index in [1.54, 1.807) is 0 Å². The molecule has 2 aliphatic heterocycles. The van der Waals surface area contributed by atoms with Gasteiger partial charge in [-0.3, -0.25) is 4.79 Å². The topological polar surface area (TPSA) is 73.5 Å². The summed E-state index contributed by atoms with van der Waals surface area (Å²) in [7, 11) is -3.49. The maximum absolute atomic E-state index is 12.8. The van der Waals surface area contributed by atoms with Crippen LogP contribution in [0.2, 0.25) is 0 Å². The van der Waals surface area contributed by atoms with E-state index in [0.29, 0.717) is 24.7 Å². The fraction of sp³-hybridized carbons (Fsp3) is 0.500. The molecule has 0 atom stereocenters. The lowest BCUT2D eigenvalue weighted by atomic mass is 9.90. The van der Waals surface area contributed by atoms with Crippen LogP contribution in [0.1, 0.15) is 48.2 Å². The molecule has 2 aromatic rings. The third kappa shape index (κ3) is 4.56. The van der Waals surface area contributed by atoms with E-state index in [-0.39, 0.29) is 10.8 Å². The minimum absolute atomic E-state index is 0.102. The highest BCUT2D eigenvalue weighted by atomic mass is 32.2. The summed E-state index contributed by atoms with van der Waals surface area (Å²) < 4.78 is 26.8. The molecule has 3 heterocycles. The third-order valence-corrected chi connectivity index (χ3v) is 8.05. The van der Waals surface area contributed by atoms with Crippen LogP contribution in [0, 0.1) is 5.92 Å². The largest absolute Gasteiger partial charge is 0.356 e. The Labute approximate surface area is 173 Å². The summed E-state index contributed by atoms with van der Waals surface area (Å²) in [5.74, 6) is 0.531. The highest BCUT2D eigenvalue weighted by Crippen LogP contribution is 2.25. The molecule has 2 fully saturated rings. The average molecular weight is 416 g/mol. The van der Waals surface area contributed by atoms with Crippen molar-refractivity contribution in [2.24, 2.45) is 5.92 Å². The number of hydrogen-bond acceptors (Lipinski definition) is 3. The van der Waals surface area contributed by atoms with Gasteiger partial charge in [0.2, 0.25) is 10.0 Å². The molecule has 0 saturated carbocycles. The number of H-pyrrole nitrogens is 1. The monoisotopic (exact) mass is 415 g/mol. The van der Waals surface area contributed by atoms with Gasteiger partial charge in [0.25, 0.3) is 5.91 Å². The number of carbonyl (C=O) groups excluding carboxylic acids is 1. The number of aromatic nitrogens is 1. The van der Waals surface area contributed by atoms with Crippen LogP contribution in [-0.4, -0.2) is 54.7 Å². The van der Waals surface area contributed by atoms with Crippen LogP contribution in [0.4, 0.5) is 0 Å². The maximum Gasteiger partial charge on any atom is 0.270 e. The van der Waals surface area contributed by atoms with Gasteiger partial charge in [0.15, 0.2) is 0 Å². The minimum Gasteiger partial charge on any atom is -0.356 e. The molecular weight excluding hydrogens is 386 g/mol. The number of carbonyl (C=O) groups is 1. The van der Waals surface area contributed by atoms with Crippen molar-refractivity contribution < 1.29 is 13.2 Å². The summed E-state index contributed by atoms with van der Waals surface area (Å²) in [5, 5.41) is 0. The molecule has 4 rings (SSSR count). The lowest BCUT2D eigenvalue weighted by Crippen LogP contribution is -2.38. The Balaban J connectivity index is 1.31. The Morgan fingerprint density at radius 2 is 1.72 bits per heavy atom. The molecule has 1 aromatic carbocycles. The van der Waals surface area contributed by atoms with Crippen molar-refractivity contribution in [1.29, 1.82) is 0 Å². The van der Waals surface area contributed by atoms with Gasteiger partial charge in [-0.25, -0.2) is 8.42 Å². The predicted molar refractivity (Wildman–Crippen MR) is 112 cm³/mol. The fourth-order valence-electron chi connectivity index (χ4n) is 4.33. The van der Waals surface area contributed by atoms with Crippen molar-refractivity contribution in [3.05, 3.63) is 53.9 Å². The molecule has 0 aliphatic carbocycles. The number of benzene rings is 1. The zero-order valence-corrected chi connectivity index (χ0v) is 17.5. The number of rotatable bonds is 6. The molecule has 29 heavy (non-hydrogen) atoms. The van der Waals surface area contributed by atoms with E-state index in [2.05, 4.69) is 29.2 Å². The number of nitrogens with one attached hydrogen (secondary N) is 1. The van der Waals surface area contributed by atoms with Gasteiger partial charge in [0.1, 0.15) is 10.6 Å². The molecular formula is C22H29N3O3S. The van der Waals surface area contributed by atoms with Gasteiger partial charge >= 0.3 is 0 Å². The normalized spacial score (nSPS) is 19.0. The molecule has 1 N–H and O–H groups in total. The lowest BCUT2D eigenvalue weighted by molar-refractivity contribution is 0.0681. The highest BCUT2D eigenvalue weighted by Gasteiger charge is 2.30. The molecule has 7 heteroatoms. The van der Waals surface area contributed by atoms with Crippen LogP contribution >= 0.6 is 0 Å². The van der Waals surface area contributed by atoms with E-state index < -0.39 is 10.0 Å². The van der Waals surface area contributed by atoms with Gasteiger partial charge in [0.05, 0.1) is 0 Å². The van der Waals surface area contributed by atoms with Gasteiger partial charge < -0.3 is 9.88 Å². The highest BCUT2D eigenvalue weighted by molar-refractivity contribution is 7.89. The molecule has 2 saturated heterocycles. The number of amides is 1. The predicted octanol–water partition coefficient (Wildman–Crippen LogP) is 3.28. The zero-order chi connectivity index (χ0) is 20.3. The Morgan fingerprint density at radius 1 is 1.03 bits per heavy atom. The second-order valence-corrected chi connectivity index (χ2v) is 10.1. The Morgan fingerprint density at radius 3 is 2.41 bits per heavy atom. The summed E-state index contributed by atoms with van der Waals surface area (Å²) in [6.45, 7) is 2.58. The van der Waals surface area contributed by atoms with E-state index >= 15 is 0 Å². The zero-order valence-electron chi connectivity index (χ0n) is 16.7. The van der Waals surface area contributed by atoms with Gasteiger partial charge in [-0.05, 0) is 56.1 Å². The van der Waals surface area contributed by atoms with Gasteiger partial charge in [-0.2, -0.15) is 4.31 Å². The van der Waals surface area contributed by atoms with Crippen LogP contribution in [0.25, 0.3) is 0 Å². The first-order valence-electron chi connectivity index (χ1n) is 10.6. The second-order valence-electron chi connectivity index (χ2n) is 8.12. The third-order valence-electron chi connectivity index (χ3n) is 6.18. The number of aromatic amines is 1. The molecule has 1 aromatic heterocycles. The Bertz CT molecular complexity index is 925. The fourth-order valence-corrected chi connectivity index (χ4v) is 5.85. The van der Waals surface area contributed by atoms with Crippen molar-refractivity contribution in [2.75, 3.05) is 26.2 Å². The van der Waals surface area contributed by atoms with E-state index in [9.17, 15) is 13.2 Å². The summed E-state index contributed by atoms with van der Waals surface area (Å²) in [5.41, 5.74) is 1.73. The Hall–Kier alpha value is -2.12. The summed E-state index contributed by atoms with van der Waals surface area (Å²) in [4.78, 5) is 17.8. The molecule has 6 nitrogen and oxygen atoms in total. The smallest absolute Gasteiger partial charge is 0.270 e. The van der Waals surface area contributed by atoms with Crippen LogP contribution in [0.3, 0.4) is 0 Å². The molecule has 0 unspecified atom stereocenters. The average Bonchev–Trinajstić information content (AvgIpc) is 3.46. The van der Waals surface area contributed by atoms with Gasteiger partial charge in [-0.15, -0.1) is 0 Å². The lowest BCUT2D eigenvalue weighted by Gasteiger charge is -2.31. The summed E-state index contributed by atoms with van der Waals surface area (Å²) in [6.07, 6.45) is 7.47. The molecule has 0 bridgehead atoms. The molecule has 2 aliphatic rings. The van der Waals surface area contributed by atoms with E-state index in [0.717, 1.165) is 51.6 Å². The molecule has 0 radical (unpaired) electrons. The summed E-state index contributed by atoms with van der Waals surface area (Å²) in [6, 6.07) is 12.0.